The summed E-state index contributed by atoms with van der Waals surface area (Å²) in [6, 6.07) is 7.83. The Morgan fingerprint density at radius 3 is 2.85 bits per heavy atom. The molecule has 0 unspecified atom stereocenters. The zero-order chi connectivity index (χ0) is 9.68. The van der Waals surface area contributed by atoms with E-state index in [2.05, 4.69) is 5.32 Å². The van der Waals surface area contributed by atoms with Crippen LogP contribution in [0.4, 0.5) is 5.69 Å². The Kier molecular flexibility index (Phi) is 3.83. The van der Waals surface area contributed by atoms with Gasteiger partial charge in [-0.3, -0.25) is 4.79 Å². The standard InChI is InChI=1S/C8H7NOS.C2H6.H2/c10-8-5-11-7-4-2-1-3-6(7)9-8;1-2;/h1-4H,5H2,(H,9,10);1-2H3;1H. The zero-order valence-electron chi connectivity index (χ0n) is 7.83. The van der Waals surface area contributed by atoms with Crippen molar-refractivity contribution in [3.8, 4) is 0 Å². The fourth-order valence-electron chi connectivity index (χ4n) is 1.03. The van der Waals surface area contributed by atoms with Crippen molar-refractivity contribution in [2.75, 3.05) is 11.1 Å². The van der Waals surface area contributed by atoms with Gasteiger partial charge in [0.2, 0.25) is 5.91 Å². The zero-order valence-corrected chi connectivity index (χ0v) is 8.65. The van der Waals surface area contributed by atoms with Crippen LogP contribution in [-0.4, -0.2) is 11.7 Å². The third-order valence-electron chi connectivity index (χ3n) is 1.52. The predicted octanol–water partition coefficient (Wildman–Crippen LogP) is 3.00. The van der Waals surface area contributed by atoms with Gasteiger partial charge < -0.3 is 5.32 Å². The molecule has 0 fully saturated rings. The summed E-state index contributed by atoms with van der Waals surface area (Å²) in [6.45, 7) is 4.00. The van der Waals surface area contributed by atoms with Crippen molar-refractivity contribution in [3.63, 3.8) is 0 Å². The topological polar surface area (TPSA) is 29.1 Å². The summed E-state index contributed by atoms with van der Waals surface area (Å²) in [7, 11) is 0. The number of fused-ring (bicyclic) bond motifs is 1. The molecule has 0 aromatic heterocycles. The minimum atomic E-state index is 0. The molecular weight excluding hydrogens is 182 g/mol. The lowest BCUT2D eigenvalue weighted by Gasteiger charge is -2.14. The number of carbonyl (C=O) groups is 1. The number of hydrogen-bond donors (Lipinski definition) is 1. The number of nitrogens with one attached hydrogen (secondary N) is 1. The van der Waals surface area contributed by atoms with E-state index in [0.717, 1.165) is 10.6 Å². The first kappa shape index (κ1) is 10.1. The van der Waals surface area contributed by atoms with Gasteiger partial charge >= 0.3 is 0 Å². The van der Waals surface area contributed by atoms with Crippen LogP contribution in [0.2, 0.25) is 0 Å². The average molecular weight is 197 g/mol. The van der Waals surface area contributed by atoms with Crippen LogP contribution >= 0.6 is 11.8 Å². The lowest BCUT2D eigenvalue weighted by atomic mass is 10.3. The van der Waals surface area contributed by atoms with Crippen LogP contribution < -0.4 is 5.32 Å². The number of para-hydroxylation sites is 1. The van der Waals surface area contributed by atoms with E-state index in [4.69, 9.17) is 0 Å². The minimum Gasteiger partial charge on any atom is -0.324 e. The summed E-state index contributed by atoms with van der Waals surface area (Å²) >= 11 is 1.58. The normalized spacial score (nSPS) is 13.5. The predicted molar refractivity (Wildman–Crippen MR) is 59.3 cm³/mol. The number of hydrogen-bond acceptors (Lipinski definition) is 2. The summed E-state index contributed by atoms with van der Waals surface area (Å²) in [6.07, 6.45) is 0. The van der Waals surface area contributed by atoms with Crippen molar-refractivity contribution in [1.82, 2.24) is 0 Å². The summed E-state index contributed by atoms with van der Waals surface area (Å²) in [5, 5.41) is 2.80. The summed E-state index contributed by atoms with van der Waals surface area (Å²) < 4.78 is 0. The largest absolute Gasteiger partial charge is 0.324 e. The Bertz CT molecular complexity index is 304. The fourth-order valence-corrected chi connectivity index (χ4v) is 1.83. The van der Waals surface area contributed by atoms with Crippen molar-refractivity contribution in [2.24, 2.45) is 0 Å². The third kappa shape index (κ3) is 2.49. The van der Waals surface area contributed by atoms with Gasteiger partial charge in [-0.2, -0.15) is 0 Å². The lowest BCUT2D eigenvalue weighted by molar-refractivity contribution is -0.113. The second-order valence-corrected chi connectivity index (χ2v) is 3.35. The maximum atomic E-state index is 10.9. The monoisotopic (exact) mass is 197 g/mol. The Morgan fingerprint density at radius 1 is 1.38 bits per heavy atom. The first-order valence-electron chi connectivity index (χ1n) is 4.38. The van der Waals surface area contributed by atoms with Crippen LogP contribution in [0.15, 0.2) is 29.2 Å². The molecule has 3 heteroatoms. The molecule has 0 radical (unpaired) electrons. The Labute approximate surface area is 84.2 Å². The first-order valence-corrected chi connectivity index (χ1v) is 5.36. The van der Waals surface area contributed by atoms with Crippen LogP contribution in [0, 0.1) is 0 Å². The lowest BCUT2D eigenvalue weighted by Crippen LogP contribution is -2.18. The maximum absolute atomic E-state index is 10.9. The van der Waals surface area contributed by atoms with E-state index >= 15 is 0 Å². The van der Waals surface area contributed by atoms with Crippen LogP contribution in [0.5, 0.6) is 0 Å². The van der Waals surface area contributed by atoms with Gasteiger partial charge in [-0.1, -0.05) is 26.0 Å². The third-order valence-corrected chi connectivity index (χ3v) is 2.59. The average Bonchev–Trinajstić information content (AvgIpc) is 2.21. The van der Waals surface area contributed by atoms with Crippen LogP contribution in [0.3, 0.4) is 0 Å². The molecule has 1 heterocycles. The van der Waals surface area contributed by atoms with E-state index in [1.807, 2.05) is 38.1 Å². The highest BCUT2D eigenvalue weighted by Gasteiger charge is 2.13. The molecule has 1 aliphatic heterocycles. The second-order valence-electron chi connectivity index (χ2n) is 2.33. The molecule has 1 amide bonds. The molecule has 13 heavy (non-hydrogen) atoms. The summed E-state index contributed by atoms with van der Waals surface area (Å²) in [4.78, 5) is 12.1. The van der Waals surface area contributed by atoms with E-state index in [1.165, 1.54) is 0 Å². The minimum absolute atomic E-state index is 0. The highest BCUT2D eigenvalue weighted by molar-refractivity contribution is 8.00. The second kappa shape index (κ2) is 4.92. The SMILES string of the molecule is CC.O=C1CSc2ccccc2N1.[HH]. The molecule has 0 spiro atoms. The van der Waals surface area contributed by atoms with E-state index < -0.39 is 0 Å². The molecule has 0 bridgehead atoms. The first-order chi connectivity index (χ1) is 6.36. The molecule has 72 valence electrons. The van der Waals surface area contributed by atoms with Gasteiger partial charge in [0, 0.05) is 6.32 Å². The van der Waals surface area contributed by atoms with Crippen molar-refractivity contribution < 1.29 is 6.22 Å². The molecule has 1 aromatic carbocycles. The van der Waals surface area contributed by atoms with Crippen LogP contribution in [0.1, 0.15) is 15.3 Å². The van der Waals surface area contributed by atoms with Gasteiger partial charge in [0.25, 0.3) is 0 Å². The highest BCUT2D eigenvalue weighted by atomic mass is 32.2. The van der Waals surface area contributed by atoms with Gasteiger partial charge in [0.1, 0.15) is 0 Å². The van der Waals surface area contributed by atoms with Crippen molar-refractivity contribution >= 4 is 23.4 Å². The number of anilines is 1. The summed E-state index contributed by atoms with van der Waals surface area (Å²) in [5.74, 6) is 0.630. The molecule has 1 N–H and O–H groups in total. The summed E-state index contributed by atoms with van der Waals surface area (Å²) in [5.41, 5.74) is 0.939. The Hall–Kier alpha value is -0.960. The van der Waals surface area contributed by atoms with Gasteiger partial charge in [-0.05, 0) is 12.1 Å². The quantitative estimate of drug-likeness (QED) is 0.692. The number of thioether (sulfide) groups is 1. The number of amides is 1. The molecule has 0 aliphatic carbocycles. The number of rotatable bonds is 0. The number of carbonyl (C=O) groups excluding carboxylic acids is 1. The molecule has 1 aliphatic rings. The molecule has 0 saturated carbocycles. The molecule has 2 rings (SSSR count). The smallest absolute Gasteiger partial charge is 0.234 e. The van der Waals surface area contributed by atoms with Gasteiger partial charge in [-0.25, -0.2) is 0 Å². The number of benzene rings is 1. The molecule has 2 nitrogen and oxygen atoms in total. The molecule has 0 atom stereocenters. The highest BCUT2D eigenvalue weighted by Crippen LogP contribution is 2.30. The van der Waals surface area contributed by atoms with Crippen LogP contribution in [-0.2, 0) is 4.79 Å². The van der Waals surface area contributed by atoms with Gasteiger partial charge in [0.15, 0.2) is 0 Å². The molecule has 1 aromatic rings. The molecule has 0 saturated heterocycles. The van der Waals surface area contributed by atoms with E-state index in [0.29, 0.717) is 5.75 Å². The van der Waals surface area contributed by atoms with Crippen molar-refractivity contribution in [3.05, 3.63) is 24.3 Å². The maximum Gasteiger partial charge on any atom is 0.234 e. The Balaban J connectivity index is 0.000000531. The van der Waals surface area contributed by atoms with Crippen molar-refractivity contribution in [2.45, 2.75) is 18.7 Å². The Morgan fingerprint density at radius 2 is 2.08 bits per heavy atom. The van der Waals surface area contributed by atoms with Gasteiger partial charge in [0.05, 0.1) is 11.4 Å². The fraction of sp³-hybridized carbons (Fsp3) is 0.300. The van der Waals surface area contributed by atoms with E-state index in [1.54, 1.807) is 11.8 Å². The van der Waals surface area contributed by atoms with E-state index in [9.17, 15) is 4.79 Å². The molecular formula is C10H15NOS. The van der Waals surface area contributed by atoms with Gasteiger partial charge in [-0.15, -0.1) is 11.8 Å². The van der Waals surface area contributed by atoms with E-state index in [-0.39, 0.29) is 7.33 Å². The van der Waals surface area contributed by atoms with Crippen molar-refractivity contribution in [1.29, 1.82) is 0 Å². The van der Waals surface area contributed by atoms with Crippen LogP contribution in [0.25, 0.3) is 0 Å².